The van der Waals surface area contributed by atoms with E-state index in [0.717, 1.165) is 0 Å². The van der Waals surface area contributed by atoms with E-state index in [2.05, 4.69) is 15.3 Å². The Balaban J connectivity index is 2.27. The van der Waals surface area contributed by atoms with E-state index in [9.17, 15) is 4.79 Å². The smallest absolute Gasteiger partial charge is 0.256 e. The number of nitrogen functional groups attached to an aromatic ring is 1. The van der Waals surface area contributed by atoms with Gasteiger partial charge in [-0.05, 0) is 18.2 Å². The van der Waals surface area contributed by atoms with Gasteiger partial charge in [-0.15, -0.1) is 0 Å². The Morgan fingerprint density at radius 1 is 1.24 bits per heavy atom. The average Bonchev–Trinajstić information content (AvgIpc) is 2.37. The highest BCUT2D eigenvalue weighted by Crippen LogP contribution is 2.22. The molecule has 1 heterocycles. The number of aromatic nitrogens is 2. The summed E-state index contributed by atoms with van der Waals surface area (Å²) >= 11 is 5.99. The van der Waals surface area contributed by atoms with Gasteiger partial charge in [0.15, 0.2) is 0 Å². The summed E-state index contributed by atoms with van der Waals surface area (Å²) in [7, 11) is 0. The van der Waals surface area contributed by atoms with Crippen molar-refractivity contribution >= 4 is 29.0 Å². The van der Waals surface area contributed by atoms with Crippen molar-refractivity contribution in [2.24, 2.45) is 0 Å². The molecule has 1 aromatic carbocycles. The third-order valence-corrected chi connectivity index (χ3v) is 2.95. The molecule has 0 saturated heterocycles. The number of nitrogens with one attached hydrogen (secondary N) is 1. The predicted octanol–water partition coefficient (Wildman–Crippen LogP) is 3.26. The zero-order valence-corrected chi connectivity index (χ0v) is 12.9. The second-order valence-corrected chi connectivity index (χ2v) is 6.12. The molecule has 2 rings (SSSR count). The van der Waals surface area contributed by atoms with Crippen LogP contribution in [0.1, 0.15) is 37.0 Å². The largest absolute Gasteiger partial charge is 0.399 e. The molecule has 0 unspecified atom stereocenters. The van der Waals surface area contributed by atoms with Crippen LogP contribution in [0, 0.1) is 0 Å². The summed E-state index contributed by atoms with van der Waals surface area (Å²) in [6, 6.07) is 8.23. The minimum atomic E-state index is -0.295. The van der Waals surface area contributed by atoms with Gasteiger partial charge in [0.1, 0.15) is 16.8 Å². The lowest BCUT2D eigenvalue weighted by Crippen LogP contribution is -2.19. The molecular formula is C15H17ClN4O. The maximum Gasteiger partial charge on any atom is 0.256 e. The molecule has 110 valence electrons. The van der Waals surface area contributed by atoms with Crippen LogP contribution in [0.5, 0.6) is 0 Å². The normalized spacial score (nSPS) is 11.2. The van der Waals surface area contributed by atoms with Crippen molar-refractivity contribution in [3.8, 4) is 0 Å². The third-order valence-electron chi connectivity index (χ3n) is 2.76. The zero-order chi connectivity index (χ0) is 15.6. The maximum atomic E-state index is 12.2. The zero-order valence-electron chi connectivity index (χ0n) is 12.1. The van der Waals surface area contributed by atoms with Crippen LogP contribution < -0.4 is 11.1 Å². The molecule has 0 spiro atoms. The summed E-state index contributed by atoms with van der Waals surface area (Å²) in [6.45, 7) is 5.92. The number of carbonyl (C=O) groups excluding carboxylic acids is 1. The van der Waals surface area contributed by atoms with Gasteiger partial charge in [-0.2, -0.15) is 0 Å². The number of halogens is 1. The monoisotopic (exact) mass is 304 g/mol. The van der Waals surface area contributed by atoms with E-state index in [1.165, 1.54) is 6.07 Å². The van der Waals surface area contributed by atoms with Crippen molar-refractivity contribution in [3.05, 3.63) is 46.9 Å². The predicted molar refractivity (Wildman–Crippen MR) is 84.5 cm³/mol. The summed E-state index contributed by atoms with van der Waals surface area (Å²) in [5, 5.41) is 3.00. The van der Waals surface area contributed by atoms with Crippen molar-refractivity contribution in [2.75, 3.05) is 11.1 Å². The molecule has 1 aromatic heterocycles. The Hall–Kier alpha value is -2.14. The van der Waals surface area contributed by atoms with Gasteiger partial charge in [-0.25, -0.2) is 9.97 Å². The second-order valence-electron chi connectivity index (χ2n) is 5.73. The maximum absolute atomic E-state index is 12.2. The van der Waals surface area contributed by atoms with E-state index in [0.29, 0.717) is 22.9 Å². The molecule has 0 bridgehead atoms. The summed E-state index contributed by atoms with van der Waals surface area (Å²) in [6.07, 6.45) is 0. The van der Waals surface area contributed by atoms with Crippen molar-refractivity contribution in [2.45, 2.75) is 26.2 Å². The number of amides is 1. The Labute approximate surface area is 128 Å². The number of carbonyl (C=O) groups is 1. The van der Waals surface area contributed by atoms with Gasteiger partial charge < -0.3 is 11.1 Å². The number of hydrogen-bond donors (Lipinski definition) is 2. The lowest BCUT2D eigenvalue weighted by Gasteiger charge is -2.17. The van der Waals surface area contributed by atoms with Gasteiger partial charge in [-0.1, -0.05) is 38.4 Å². The van der Waals surface area contributed by atoms with Gasteiger partial charge in [0, 0.05) is 22.7 Å². The Bertz CT molecular complexity index is 680. The number of nitrogens with zero attached hydrogens (tertiary/aromatic N) is 2. The van der Waals surface area contributed by atoms with Gasteiger partial charge in [0.2, 0.25) is 0 Å². The standard InChI is InChI=1S/C15H17ClN4O/c1-15(2,3)14-18-11(16)8-12(20-14)19-13(21)9-5-4-6-10(17)7-9/h4-8H,17H2,1-3H3,(H,18,19,20,21). The van der Waals surface area contributed by atoms with E-state index in [4.69, 9.17) is 17.3 Å². The molecule has 0 radical (unpaired) electrons. The number of benzene rings is 1. The SMILES string of the molecule is CC(C)(C)c1nc(Cl)cc(NC(=O)c2cccc(N)c2)n1. The lowest BCUT2D eigenvalue weighted by molar-refractivity contribution is 0.102. The van der Waals surface area contributed by atoms with Crippen molar-refractivity contribution in [1.82, 2.24) is 9.97 Å². The van der Waals surface area contributed by atoms with Crippen molar-refractivity contribution < 1.29 is 4.79 Å². The van der Waals surface area contributed by atoms with Crippen LogP contribution in [0.3, 0.4) is 0 Å². The molecule has 0 aliphatic heterocycles. The molecule has 0 saturated carbocycles. The first-order chi connectivity index (χ1) is 9.75. The molecule has 0 atom stereocenters. The number of anilines is 2. The second kappa shape index (κ2) is 5.69. The fourth-order valence-corrected chi connectivity index (χ4v) is 1.87. The number of rotatable bonds is 2. The van der Waals surface area contributed by atoms with Gasteiger partial charge in [-0.3, -0.25) is 4.79 Å². The Morgan fingerprint density at radius 2 is 1.95 bits per heavy atom. The van der Waals surface area contributed by atoms with Gasteiger partial charge in [0.05, 0.1) is 0 Å². The molecule has 2 aromatic rings. The van der Waals surface area contributed by atoms with Crippen LogP contribution in [-0.2, 0) is 5.41 Å². The quantitative estimate of drug-likeness (QED) is 0.659. The average molecular weight is 305 g/mol. The van der Waals surface area contributed by atoms with Crippen LogP contribution in [0.15, 0.2) is 30.3 Å². The fourth-order valence-electron chi connectivity index (χ4n) is 1.69. The molecule has 6 heteroatoms. The highest BCUT2D eigenvalue weighted by molar-refractivity contribution is 6.29. The van der Waals surface area contributed by atoms with E-state index in [1.54, 1.807) is 24.3 Å². The van der Waals surface area contributed by atoms with Crippen LogP contribution in [0.2, 0.25) is 5.15 Å². The van der Waals surface area contributed by atoms with Gasteiger partial charge in [0.25, 0.3) is 5.91 Å². The molecular weight excluding hydrogens is 288 g/mol. The van der Waals surface area contributed by atoms with Crippen LogP contribution >= 0.6 is 11.6 Å². The Kier molecular flexibility index (Phi) is 4.14. The highest BCUT2D eigenvalue weighted by Gasteiger charge is 2.19. The first-order valence-electron chi connectivity index (χ1n) is 6.47. The summed E-state index contributed by atoms with van der Waals surface area (Å²) in [4.78, 5) is 20.7. The summed E-state index contributed by atoms with van der Waals surface area (Å²) in [5.74, 6) is 0.641. The van der Waals surface area contributed by atoms with E-state index in [1.807, 2.05) is 20.8 Å². The number of hydrogen-bond acceptors (Lipinski definition) is 4. The summed E-state index contributed by atoms with van der Waals surface area (Å²) < 4.78 is 0. The third kappa shape index (κ3) is 3.92. The fraction of sp³-hybridized carbons (Fsp3) is 0.267. The Morgan fingerprint density at radius 3 is 2.57 bits per heavy atom. The molecule has 21 heavy (non-hydrogen) atoms. The molecule has 3 N–H and O–H groups in total. The highest BCUT2D eigenvalue weighted by atomic mass is 35.5. The molecule has 5 nitrogen and oxygen atoms in total. The van der Waals surface area contributed by atoms with Crippen LogP contribution in [0.4, 0.5) is 11.5 Å². The minimum Gasteiger partial charge on any atom is -0.399 e. The van der Waals surface area contributed by atoms with E-state index < -0.39 is 0 Å². The minimum absolute atomic E-state index is 0.262. The lowest BCUT2D eigenvalue weighted by atomic mass is 9.96. The first kappa shape index (κ1) is 15.3. The van der Waals surface area contributed by atoms with Crippen LogP contribution in [0.25, 0.3) is 0 Å². The van der Waals surface area contributed by atoms with E-state index >= 15 is 0 Å². The molecule has 1 amide bonds. The van der Waals surface area contributed by atoms with Crippen molar-refractivity contribution in [3.63, 3.8) is 0 Å². The summed E-state index contributed by atoms with van der Waals surface area (Å²) in [5.41, 5.74) is 6.39. The van der Waals surface area contributed by atoms with Crippen LogP contribution in [-0.4, -0.2) is 15.9 Å². The molecule has 0 aliphatic carbocycles. The topological polar surface area (TPSA) is 80.9 Å². The van der Waals surface area contributed by atoms with Crippen molar-refractivity contribution in [1.29, 1.82) is 0 Å². The molecule has 0 fully saturated rings. The van der Waals surface area contributed by atoms with Gasteiger partial charge >= 0.3 is 0 Å². The number of nitrogens with two attached hydrogens (primary N) is 1. The van der Waals surface area contributed by atoms with E-state index in [-0.39, 0.29) is 16.5 Å². The first-order valence-corrected chi connectivity index (χ1v) is 6.85. The molecule has 0 aliphatic rings.